The lowest BCUT2D eigenvalue weighted by Gasteiger charge is -2.12. The molecule has 3 aromatic rings. The highest BCUT2D eigenvalue weighted by atomic mass is 35.5. The monoisotopic (exact) mass is 381 g/mol. The van der Waals surface area contributed by atoms with Gasteiger partial charge in [-0.2, -0.15) is 13.2 Å². The molecule has 1 aromatic heterocycles. The van der Waals surface area contributed by atoms with Crippen molar-refractivity contribution in [2.75, 3.05) is 0 Å². The van der Waals surface area contributed by atoms with E-state index >= 15 is 0 Å². The molecule has 0 saturated heterocycles. The number of benzene rings is 2. The minimum Gasteiger partial charge on any atom is -0.328 e. The molecule has 138 valence electrons. The lowest BCUT2D eigenvalue weighted by molar-refractivity contribution is -0.137. The van der Waals surface area contributed by atoms with E-state index in [2.05, 4.69) is 4.98 Å². The van der Waals surface area contributed by atoms with Crippen LogP contribution >= 0.6 is 11.6 Å². The van der Waals surface area contributed by atoms with Gasteiger partial charge < -0.3 is 5.73 Å². The smallest absolute Gasteiger partial charge is 0.328 e. The van der Waals surface area contributed by atoms with Gasteiger partial charge >= 0.3 is 6.18 Å². The van der Waals surface area contributed by atoms with Crippen molar-refractivity contribution in [3.05, 3.63) is 58.4 Å². The van der Waals surface area contributed by atoms with Crippen molar-refractivity contribution >= 4 is 22.6 Å². The Kier molecular flexibility index (Phi) is 4.99. The molecule has 1 unspecified atom stereocenters. The van der Waals surface area contributed by atoms with Gasteiger partial charge in [0.2, 0.25) is 0 Å². The predicted molar refractivity (Wildman–Crippen MR) is 97.8 cm³/mol. The molecule has 1 atom stereocenters. The van der Waals surface area contributed by atoms with E-state index in [1.54, 1.807) is 0 Å². The minimum atomic E-state index is -4.51. The van der Waals surface area contributed by atoms with E-state index in [-0.39, 0.29) is 16.6 Å². The molecule has 2 aromatic carbocycles. The summed E-state index contributed by atoms with van der Waals surface area (Å²) in [7, 11) is 0. The van der Waals surface area contributed by atoms with Crippen LogP contribution in [0.25, 0.3) is 16.7 Å². The minimum absolute atomic E-state index is 0.0562. The standard InChI is InChI=1S/C19H19ClF3N3/c1-3-18-25-16-9-14(19(21,22)23)15(20)10-17(16)26(18)13-6-4-12(5-7-13)8-11(2)24/h4-7,9-11H,3,8,24H2,1-2H3. The molecule has 0 fully saturated rings. The number of halogens is 4. The molecule has 0 amide bonds. The van der Waals surface area contributed by atoms with Crippen LogP contribution in [0.5, 0.6) is 0 Å². The van der Waals surface area contributed by atoms with Gasteiger partial charge in [0.1, 0.15) is 5.82 Å². The van der Waals surface area contributed by atoms with Gasteiger partial charge in [0.15, 0.2) is 0 Å². The number of aromatic nitrogens is 2. The average molecular weight is 382 g/mol. The Morgan fingerprint density at radius 3 is 2.38 bits per heavy atom. The third-order valence-corrected chi connectivity index (χ3v) is 4.50. The van der Waals surface area contributed by atoms with Crippen molar-refractivity contribution < 1.29 is 13.2 Å². The maximum Gasteiger partial charge on any atom is 0.417 e. The number of hydrogen-bond donors (Lipinski definition) is 1. The van der Waals surface area contributed by atoms with Crippen molar-refractivity contribution in [3.8, 4) is 5.69 Å². The lowest BCUT2D eigenvalue weighted by atomic mass is 10.1. The van der Waals surface area contributed by atoms with Crippen LogP contribution < -0.4 is 5.73 Å². The number of nitrogens with two attached hydrogens (primary N) is 1. The fourth-order valence-corrected chi connectivity index (χ4v) is 3.31. The van der Waals surface area contributed by atoms with Crippen LogP contribution in [-0.4, -0.2) is 15.6 Å². The van der Waals surface area contributed by atoms with Crippen LogP contribution in [-0.2, 0) is 19.0 Å². The molecule has 0 bridgehead atoms. The van der Waals surface area contributed by atoms with Crippen molar-refractivity contribution in [3.63, 3.8) is 0 Å². The van der Waals surface area contributed by atoms with E-state index < -0.39 is 11.7 Å². The maximum absolute atomic E-state index is 13.1. The Morgan fingerprint density at radius 1 is 1.19 bits per heavy atom. The highest BCUT2D eigenvalue weighted by Gasteiger charge is 2.34. The lowest BCUT2D eigenvalue weighted by Crippen LogP contribution is -2.17. The molecule has 2 N–H and O–H groups in total. The zero-order valence-electron chi connectivity index (χ0n) is 14.4. The Hall–Kier alpha value is -2.05. The summed E-state index contributed by atoms with van der Waals surface area (Å²) in [4.78, 5) is 4.38. The van der Waals surface area contributed by atoms with E-state index in [4.69, 9.17) is 17.3 Å². The molecule has 0 aliphatic carbocycles. The summed E-state index contributed by atoms with van der Waals surface area (Å²) in [6.45, 7) is 3.85. The first-order valence-corrected chi connectivity index (χ1v) is 8.71. The van der Waals surface area contributed by atoms with Crippen LogP contribution in [0.3, 0.4) is 0 Å². The van der Waals surface area contributed by atoms with Gasteiger partial charge in [-0.1, -0.05) is 30.7 Å². The SMILES string of the molecule is CCc1nc2cc(C(F)(F)F)c(Cl)cc2n1-c1ccc(CC(C)N)cc1. The van der Waals surface area contributed by atoms with Gasteiger partial charge in [-0.05, 0) is 43.2 Å². The van der Waals surface area contributed by atoms with Crippen molar-refractivity contribution in [1.82, 2.24) is 9.55 Å². The summed E-state index contributed by atoms with van der Waals surface area (Å²) in [5.41, 5.74) is 7.71. The zero-order chi connectivity index (χ0) is 19.1. The number of hydrogen-bond acceptors (Lipinski definition) is 2. The van der Waals surface area contributed by atoms with Crippen molar-refractivity contribution in [2.24, 2.45) is 5.73 Å². The van der Waals surface area contributed by atoms with E-state index in [1.165, 1.54) is 6.07 Å². The molecule has 0 aliphatic heterocycles. The highest BCUT2D eigenvalue weighted by molar-refractivity contribution is 6.32. The Bertz CT molecular complexity index is 928. The summed E-state index contributed by atoms with van der Waals surface area (Å²) < 4.78 is 41.2. The highest BCUT2D eigenvalue weighted by Crippen LogP contribution is 2.37. The first-order chi connectivity index (χ1) is 12.2. The number of nitrogens with zero attached hydrogens (tertiary/aromatic N) is 2. The fourth-order valence-electron chi connectivity index (χ4n) is 3.04. The van der Waals surface area contributed by atoms with Crippen LogP contribution in [0.15, 0.2) is 36.4 Å². The molecule has 3 rings (SSSR count). The molecule has 0 saturated carbocycles. The van der Waals surface area contributed by atoms with E-state index in [9.17, 15) is 13.2 Å². The fraction of sp³-hybridized carbons (Fsp3) is 0.316. The second-order valence-electron chi connectivity index (χ2n) is 6.38. The predicted octanol–water partition coefficient (Wildman–Crippen LogP) is 5.15. The third-order valence-electron chi connectivity index (χ3n) is 4.19. The van der Waals surface area contributed by atoms with Crippen LogP contribution in [0.4, 0.5) is 13.2 Å². The Morgan fingerprint density at radius 2 is 1.85 bits per heavy atom. The number of imidazole rings is 1. The van der Waals surface area contributed by atoms with Gasteiger partial charge in [0.05, 0.1) is 21.6 Å². The Labute approximate surface area is 154 Å². The van der Waals surface area contributed by atoms with Crippen LogP contribution in [0.1, 0.15) is 30.8 Å². The summed E-state index contributed by atoms with van der Waals surface area (Å²) in [6, 6.07) is 10.2. The summed E-state index contributed by atoms with van der Waals surface area (Å²) in [6.07, 6.45) is -3.18. The first kappa shape index (κ1) is 18.7. The largest absolute Gasteiger partial charge is 0.417 e. The number of rotatable bonds is 4. The average Bonchev–Trinajstić information content (AvgIpc) is 2.91. The summed E-state index contributed by atoms with van der Waals surface area (Å²) in [5.74, 6) is 0.676. The molecule has 3 nitrogen and oxygen atoms in total. The molecule has 0 spiro atoms. The molecule has 7 heteroatoms. The molecular formula is C19H19ClF3N3. The van der Waals surface area contributed by atoms with E-state index in [0.29, 0.717) is 17.8 Å². The topological polar surface area (TPSA) is 43.8 Å². The second kappa shape index (κ2) is 6.93. The summed E-state index contributed by atoms with van der Waals surface area (Å²) in [5, 5.41) is -0.331. The van der Waals surface area contributed by atoms with Crippen LogP contribution in [0.2, 0.25) is 5.02 Å². The van der Waals surface area contributed by atoms with Gasteiger partial charge in [-0.15, -0.1) is 0 Å². The normalized spacial score (nSPS) is 13.3. The number of fused-ring (bicyclic) bond motifs is 1. The van der Waals surface area contributed by atoms with Crippen molar-refractivity contribution in [1.29, 1.82) is 0 Å². The molecular weight excluding hydrogens is 363 g/mol. The quantitative estimate of drug-likeness (QED) is 0.679. The van der Waals surface area contributed by atoms with Gasteiger partial charge in [-0.25, -0.2) is 4.98 Å². The molecule has 0 radical (unpaired) electrons. The second-order valence-corrected chi connectivity index (χ2v) is 6.79. The molecule has 0 aliphatic rings. The Balaban J connectivity index is 2.14. The zero-order valence-corrected chi connectivity index (χ0v) is 15.2. The third kappa shape index (κ3) is 3.57. The van der Waals surface area contributed by atoms with Gasteiger partial charge in [0.25, 0.3) is 0 Å². The molecule has 1 heterocycles. The van der Waals surface area contributed by atoms with Crippen LogP contribution in [0, 0.1) is 0 Å². The van der Waals surface area contributed by atoms with Gasteiger partial charge in [-0.3, -0.25) is 4.57 Å². The number of aryl methyl sites for hydroxylation is 1. The maximum atomic E-state index is 13.1. The molecule has 26 heavy (non-hydrogen) atoms. The van der Waals surface area contributed by atoms with Gasteiger partial charge in [0, 0.05) is 18.2 Å². The number of alkyl halides is 3. The van der Waals surface area contributed by atoms with Crippen molar-refractivity contribution in [2.45, 2.75) is 38.9 Å². The van der Waals surface area contributed by atoms with E-state index in [1.807, 2.05) is 42.7 Å². The van der Waals surface area contributed by atoms with E-state index in [0.717, 1.165) is 23.7 Å². The first-order valence-electron chi connectivity index (χ1n) is 8.33. The summed E-state index contributed by atoms with van der Waals surface area (Å²) >= 11 is 5.91.